The normalized spacial score (nSPS) is 11.1. The lowest BCUT2D eigenvalue weighted by Gasteiger charge is -2.08. The Morgan fingerprint density at radius 1 is 1.32 bits per heavy atom. The van der Waals surface area contributed by atoms with Gasteiger partial charge >= 0.3 is 5.95 Å². The highest BCUT2D eigenvalue weighted by Crippen LogP contribution is 2.02. The number of aromatic nitrogens is 4. The van der Waals surface area contributed by atoms with Crippen LogP contribution in [0.5, 0.6) is 0 Å². The summed E-state index contributed by atoms with van der Waals surface area (Å²) in [5.74, 6) is -0.918. The molecule has 2 N–H and O–H groups in total. The van der Waals surface area contributed by atoms with Gasteiger partial charge in [0.15, 0.2) is 0 Å². The van der Waals surface area contributed by atoms with Crippen LogP contribution in [0.4, 0.5) is 5.95 Å². The second-order valence-corrected chi connectivity index (χ2v) is 4.42. The van der Waals surface area contributed by atoms with Crippen LogP contribution < -0.4 is 10.9 Å². The second-order valence-electron chi connectivity index (χ2n) is 4.42. The molecule has 0 bridgehead atoms. The van der Waals surface area contributed by atoms with Gasteiger partial charge in [-0.05, 0) is 30.9 Å². The van der Waals surface area contributed by atoms with E-state index in [4.69, 9.17) is 0 Å². The van der Waals surface area contributed by atoms with E-state index in [-0.39, 0.29) is 5.91 Å². The minimum absolute atomic E-state index is 0.315. The molecule has 1 heterocycles. The van der Waals surface area contributed by atoms with E-state index in [0.717, 1.165) is 10.4 Å². The summed E-state index contributed by atoms with van der Waals surface area (Å²) in [6.07, 6.45) is 1.34. The number of amides is 1. The highest BCUT2D eigenvalue weighted by atomic mass is 16.6. The minimum atomic E-state index is -0.751. The Bertz CT molecular complexity index is 721. The van der Waals surface area contributed by atoms with E-state index < -0.39 is 10.9 Å². The average molecular weight is 303 g/mol. The van der Waals surface area contributed by atoms with Gasteiger partial charge in [-0.25, -0.2) is 0 Å². The van der Waals surface area contributed by atoms with Crippen LogP contribution in [0.1, 0.15) is 22.8 Å². The number of rotatable bonds is 5. The van der Waals surface area contributed by atoms with Crippen molar-refractivity contribution in [1.29, 1.82) is 0 Å². The fourth-order valence-corrected chi connectivity index (χ4v) is 1.48. The van der Waals surface area contributed by atoms with Crippen molar-refractivity contribution in [1.82, 2.24) is 31.1 Å². The van der Waals surface area contributed by atoms with Gasteiger partial charge in [-0.1, -0.05) is 22.5 Å². The average Bonchev–Trinajstić information content (AvgIpc) is 2.94. The molecule has 0 aliphatic rings. The molecule has 2 rings (SSSR count). The standard InChI is InChI=1S/C12H13N7O3/c1-8-3-5-10(6-4-8)11(20)14-13-9(2)7-18-16-12(15-17-18)19(21)22/h3-7,13H,1-2H3,(H,14,20)/b9-7-. The Labute approximate surface area is 124 Å². The van der Waals surface area contributed by atoms with Crippen molar-refractivity contribution >= 4 is 18.1 Å². The molecule has 1 aromatic carbocycles. The lowest BCUT2D eigenvalue weighted by molar-refractivity contribution is -0.394. The molecule has 0 saturated carbocycles. The molecule has 10 nitrogen and oxygen atoms in total. The molecule has 114 valence electrons. The zero-order valence-corrected chi connectivity index (χ0v) is 11.8. The van der Waals surface area contributed by atoms with Gasteiger partial charge in [0, 0.05) is 11.3 Å². The fraction of sp³-hybridized carbons (Fsp3) is 0.167. The van der Waals surface area contributed by atoms with Crippen LogP contribution in [0.3, 0.4) is 0 Å². The molecule has 0 saturated heterocycles. The van der Waals surface area contributed by atoms with E-state index >= 15 is 0 Å². The molecule has 0 aliphatic carbocycles. The van der Waals surface area contributed by atoms with Gasteiger partial charge in [0.2, 0.25) is 0 Å². The number of hydrazine groups is 1. The van der Waals surface area contributed by atoms with Crippen molar-refractivity contribution in [3.05, 3.63) is 51.2 Å². The molecule has 10 heteroatoms. The molecule has 1 aromatic heterocycles. The van der Waals surface area contributed by atoms with Crippen LogP contribution in [0, 0.1) is 17.0 Å². The van der Waals surface area contributed by atoms with Gasteiger partial charge in [-0.15, -0.1) is 0 Å². The summed E-state index contributed by atoms with van der Waals surface area (Å²) in [5.41, 5.74) is 7.15. The lowest BCUT2D eigenvalue weighted by atomic mass is 10.1. The third kappa shape index (κ3) is 3.85. The highest BCUT2D eigenvalue weighted by molar-refractivity contribution is 5.93. The number of hydrogen-bond acceptors (Lipinski definition) is 7. The van der Waals surface area contributed by atoms with Crippen molar-refractivity contribution in [3.8, 4) is 0 Å². The molecule has 0 fully saturated rings. The van der Waals surface area contributed by atoms with E-state index in [9.17, 15) is 14.9 Å². The monoisotopic (exact) mass is 303 g/mol. The SMILES string of the molecule is C/C(=C/n1nnc([N+](=O)[O-])n1)NNC(=O)c1ccc(C)cc1. The quantitative estimate of drug-likeness (QED) is 0.612. The maximum atomic E-state index is 11.9. The first-order valence-corrected chi connectivity index (χ1v) is 6.21. The maximum Gasteiger partial charge on any atom is 0.515 e. The van der Waals surface area contributed by atoms with Gasteiger partial charge in [0.05, 0.1) is 21.6 Å². The number of allylic oxidation sites excluding steroid dienone is 1. The number of nitrogens with one attached hydrogen (secondary N) is 2. The van der Waals surface area contributed by atoms with Gasteiger partial charge in [-0.3, -0.25) is 10.2 Å². The molecule has 0 radical (unpaired) electrons. The Balaban J connectivity index is 1.95. The minimum Gasteiger partial charge on any atom is -0.390 e. The fourth-order valence-electron chi connectivity index (χ4n) is 1.48. The van der Waals surface area contributed by atoms with Crippen LogP contribution in [-0.4, -0.2) is 31.0 Å². The molecule has 0 unspecified atom stereocenters. The van der Waals surface area contributed by atoms with Crippen LogP contribution >= 0.6 is 0 Å². The molecule has 0 atom stereocenters. The third-order valence-electron chi connectivity index (χ3n) is 2.58. The van der Waals surface area contributed by atoms with Crippen LogP contribution in [0.15, 0.2) is 30.0 Å². The van der Waals surface area contributed by atoms with Crippen molar-refractivity contribution in [2.24, 2.45) is 0 Å². The zero-order valence-electron chi connectivity index (χ0n) is 11.8. The van der Waals surface area contributed by atoms with Crippen LogP contribution in [0.25, 0.3) is 6.20 Å². The maximum absolute atomic E-state index is 11.9. The Morgan fingerprint density at radius 3 is 2.59 bits per heavy atom. The van der Waals surface area contributed by atoms with E-state index in [1.165, 1.54) is 6.20 Å². The number of benzene rings is 1. The van der Waals surface area contributed by atoms with E-state index in [1.807, 2.05) is 19.1 Å². The number of nitro groups is 1. The van der Waals surface area contributed by atoms with Crippen molar-refractivity contribution in [2.45, 2.75) is 13.8 Å². The summed E-state index contributed by atoms with van der Waals surface area (Å²) < 4.78 is 0. The molecule has 2 aromatic rings. The topological polar surface area (TPSA) is 128 Å². The summed E-state index contributed by atoms with van der Waals surface area (Å²) in [5, 5.41) is 20.7. The Hall–Kier alpha value is -3.30. The third-order valence-corrected chi connectivity index (χ3v) is 2.58. The number of carbonyl (C=O) groups excluding carboxylic acids is 1. The summed E-state index contributed by atoms with van der Waals surface area (Å²) >= 11 is 0. The van der Waals surface area contributed by atoms with Crippen LogP contribution in [-0.2, 0) is 0 Å². The molecule has 0 aliphatic heterocycles. The van der Waals surface area contributed by atoms with E-state index in [1.54, 1.807) is 19.1 Å². The van der Waals surface area contributed by atoms with Gasteiger partial charge < -0.3 is 15.5 Å². The van der Waals surface area contributed by atoms with E-state index in [2.05, 4.69) is 26.3 Å². The first-order valence-electron chi connectivity index (χ1n) is 6.21. The Kier molecular flexibility index (Phi) is 4.41. The smallest absolute Gasteiger partial charge is 0.390 e. The predicted molar refractivity (Wildman–Crippen MR) is 76.2 cm³/mol. The number of hydrogen-bond donors (Lipinski definition) is 2. The molecule has 22 heavy (non-hydrogen) atoms. The first kappa shape index (κ1) is 15.1. The Morgan fingerprint density at radius 2 is 2.00 bits per heavy atom. The number of nitrogens with zero attached hydrogens (tertiary/aromatic N) is 5. The highest BCUT2D eigenvalue weighted by Gasteiger charge is 2.14. The van der Waals surface area contributed by atoms with Gasteiger partial charge in [0.1, 0.15) is 0 Å². The molecule has 1 amide bonds. The van der Waals surface area contributed by atoms with Crippen LogP contribution in [0.2, 0.25) is 0 Å². The summed E-state index contributed by atoms with van der Waals surface area (Å²) in [7, 11) is 0. The summed E-state index contributed by atoms with van der Waals surface area (Å²) in [4.78, 5) is 22.5. The number of carbonyl (C=O) groups is 1. The number of tetrazole rings is 1. The second kappa shape index (κ2) is 6.43. The summed E-state index contributed by atoms with van der Waals surface area (Å²) in [6, 6.07) is 7.06. The van der Waals surface area contributed by atoms with E-state index in [0.29, 0.717) is 11.3 Å². The van der Waals surface area contributed by atoms with Gasteiger partial charge in [-0.2, -0.15) is 0 Å². The van der Waals surface area contributed by atoms with Crippen molar-refractivity contribution in [3.63, 3.8) is 0 Å². The molecular weight excluding hydrogens is 290 g/mol. The largest absolute Gasteiger partial charge is 0.515 e. The molecule has 0 spiro atoms. The zero-order chi connectivity index (χ0) is 16.1. The lowest BCUT2D eigenvalue weighted by Crippen LogP contribution is -2.36. The first-order chi connectivity index (χ1) is 10.5. The van der Waals surface area contributed by atoms with Crippen molar-refractivity contribution in [2.75, 3.05) is 0 Å². The van der Waals surface area contributed by atoms with Crippen molar-refractivity contribution < 1.29 is 9.72 Å². The predicted octanol–water partition coefficient (Wildman–Crippen LogP) is 0.643. The molecular formula is C12H13N7O3. The number of aryl methyl sites for hydroxylation is 1. The summed E-state index contributed by atoms with van der Waals surface area (Å²) in [6.45, 7) is 3.56. The van der Waals surface area contributed by atoms with Gasteiger partial charge in [0.25, 0.3) is 5.91 Å².